The first-order chi connectivity index (χ1) is 13.3. The van der Waals surface area contributed by atoms with Gasteiger partial charge in [-0.05, 0) is 48.0 Å². The molecule has 3 rings (SSSR count). The Morgan fingerprint density at radius 2 is 1.86 bits per heavy atom. The van der Waals surface area contributed by atoms with E-state index < -0.39 is 21.6 Å². The number of benzene rings is 2. The van der Waals surface area contributed by atoms with Gasteiger partial charge in [0.1, 0.15) is 16.5 Å². The molecule has 6 nitrogen and oxygen atoms in total. The van der Waals surface area contributed by atoms with Crippen LogP contribution in [0.25, 0.3) is 0 Å². The second-order valence-electron chi connectivity index (χ2n) is 6.14. The molecule has 0 spiro atoms. The van der Waals surface area contributed by atoms with Crippen LogP contribution in [0.1, 0.15) is 15.9 Å². The molecule has 1 heterocycles. The maximum absolute atomic E-state index is 13.3. The minimum Gasteiger partial charge on any atom is -0.365 e. The Morgan fingerprint density at radius 1 is 1.07 bits per heavy atom. The summed E-state index contributed by atoms with van der Waals surface area (Å²) in [6, 6.07) is 15.5. The average molecular weight is 399 g/mol. The lowest BCUT2D eigenvalue weighted by Gasteiger charge is -2.11. The van der Waals surface area contributed by atoms with Crippen molar-refractivity contribution in [3.8, 4) is 0 Å². The van der Waals surface area contributed by atoms with Crippen molar-refractivity contribution in [2.45, 2.75) is 11.4 Å². The van der Waals surface area contributed by atoms with Crippen LogP contribution in [0.3, 0.4) is 0 Å². The van der Waals surface area contributed by atoms with Crippen molar-refractivity contribution >= 4 is 27.2 Å². The Kier molecular flexibility index (Phi) is 5.70. The van der Waals surface area contributed by atoms with Crippen molar-refractivity contribution in [2.24, 2.45) is 0 Å². The molecule has 1 aromatic heterocycles. The monoisotopic (exact) mass is 399 g/mol. The van der Waals surface area contributed by atoms with E-state index in [9.17, 15) is 17.6 Å². The molecule has 0 aliphatic carbocycles. The number of rotatable bonds is 6. The molecule has 0 saturated heterocycles. The van der Waals surface area contributed by atoms with Crippen molar-refractivity contribution in [3.63, 3.8) is 0 Å². The number of amides is 1. The topological polar surface area (TPSA) is 88.2 Å². The Hall–Kier alpha value is -3.26. The van der Waals surface area contributed by atoms with Gasteiger partial charge in [-0.3, -0.25) is 4.79 Å². The summed E-state index contributed by atoms with van der Waals surface area (Å²) in [7, 11) is -3.41. The van der Waals surface area contributed by atoms with Crippen molar-refractivity contribution in [2.75, 3.05) is 16.9 Å². The van der Waals surface area contributed by atoms with Crippen LogP contribution in [0, 0.1) is 5.82 Å². The maximum Gasteiger partial charge on any atom is 0.255 e. The molecular weight excluding hydrogens is 381 g/mol. The third-order valence-corrected chi connectivity index (χ3v) is 5.03. The Morgan fingerprint density at radius 3 is 2.61 bits per heavy atom. The molecule has 8 heteroatoms. The van der Waals surface area contributed by atoms with Gasteiger partial charge in [-0.15, -0.1) is 0 Å². The summed E-state index contributed by atoms with van der Waals surface area (Å²) >= 11 is 0. The predicted octanol–water partition coefficient (Wildman–Crippen LogP) is 3.49. The standard InChI is InChI=1S/C20H18FN3O3S/c1-28(26,27)18-9-4-10-22-19(18)23-13-14-5-2-8-17(11-14)24-20(25)15-6-3-7-16(21)12-15/h2-12H,13H2,1H3,(H,22,23)(H,24,25). The number of hydrogen-bond acceptors (Lipinski definition) is 5. The fourth-order valence-electron chi connectivity index (χ4n) is 2.60. The largest absolute Gasteiger partial charge is 0.365 e. The zero-order valence-corrected chi connectivity index (χ0v) is 15.8. The van der Waals surface area contributed by atoms with Gasteiger partial charge in [0.05, 0.1) is 0 Å². The third kappa shape index (κ3) is 4.92. The van der Waals surface area contributed by atoms with Gasteiger partial charge in [0, 0.05) is 30.2 Å². The van der Waals surface area contributed by atoms with Gasteiger partial charge in [0.2, 0.25) is 0 Å². The molecule has 0 fully saturated rings. The normalized spacial score (nSPS) is 11.1. The number of nitrogens with one attached hydrogen (secondary N) is 2. The summed E-state index contributed by atoms with van der Waals surface area (Å²) in [5.41, 5.74) is 1.56. The van der Waals surface area contributed by atoms with E-state index in [1.165, 1.54) is 30.5 Å². The lowest BCUT2D eigenvalue weighted by molar-refractivity contribution is 0.102. The molecular formula is C20H18FN3O3S. The van der Waals surface area contributed by atoms with Crippen LogP contribution in [-0.4, -0.2) is 25.6 Å². The minimum absolute atomic E-state index is 0.116. The van der Waals surface area contributed by atoms with Gasteiger partial charge in [0.25, 0.3) is 5.91 Å². The molecule has 0 atom stereocenters. The molecule has 1 amide bonds. The lowest BCUT2D eigenvalue weighted by atomic mass is 10.1. The average Bonchev–Trinajstić information content (AvgIpc) is 2.66. The third-order valence-electron chi connectivity index (χ3n) is 3.90. The van der Waals surface area contributed by atoms with Crippen molar-refractivity contribution in [1.82, 2.24) is 4.98 Å². The van der Waals surface area contributed by atoms with E-state index >= 15 is 0 Å². The molecule has 0 aliphatic rings. The summed E-state index contributed by atoms with van der Waals surface area (Å²) in [5.74, 6) is -0.643. The number of sulfone groups is 1. The second kappa shape index (κ2) is 8.18. The van der Waals surface area contributed by atoms with Crippen LogP contribution < -0.4 is 10.6 Å². The number of anilines is 2. The number of nitrogens with zero attached hydrogens (tertiary/aromatic N) is 1. The fraction of sp³-hybridized carbons (Fsp3) is 0.100. The number of pyridine rings is 1. The summed E-state index contributed by atoms with van der Waals surface area (Å²) in [6.07, 6.45) is 2.63. The molecule has 0 bridgehead atoms. The van der Waals surface area contributed by atoms with E-state index in [4.69, 9.17) is 0 Å². The van der Waals surface area contributed by atoms with Crippen LogP contribution in [0.5, 0.6) is 0 Å². The van der Waals surface area contributed by atoms with Crippen LogP contribution >= 0.6 is 0 Å². The van der Waals surface area contributed by atoms with E-state index in [-0.39, 0.29) is 16.3 Å². The molecule has 0 radical (unpaired) electrons. The summed E-state index contributed by atoms with van der Waals surface area (Å²) in [5, 5.41) is 5.72. The number of halogens is 1. The van der Waals surface area contributed by atoms with Gasteiger partial charge >= 0.3 is 0 Å². The van der Waals surface area contributed by atoms with Crippen molar-refractivity contribution in [3.05, 3.63) is 83.8 Å². The summed E-state index contributed by atoms with van der Waals surface area (Å²) < 4.78 is 37.0. The van der Waals surface area contributed by atoms with Gasteiger partial charge in [0.15, 0.2) is 9.84 Å². The van der Waals surface area contributed by atoms with Crippen LogP contribution in [0.2, 0.25) is 0 Å². The molecule has 0 aliphatic heterocycles. The quantitative estimate of drug-likeness (QED) is 0.662. The van der Waals surface area contributed by atoms with Crippen LogP contribution in [0.4, 0.5) is 15.9 Å². The summed E-state index contributed by atoms with van der Waals surface area (Å²) in [4.78, 5) is 16.4. The van der Waals surface area contributed by atoms with Crippen molar-refractivity contribution in [1.29, 1.82) is 0 Å². The van der Waals surface area contributed by atoms with Crippen molar-refractivity contribution < 1.29 is 17.6 Å². The molecule has 2 N–H and O–H groups in total. The highest BCUT2D eigenvalue weighted by atomic mass is 32.2. The van der Waals surface area contributed by atoms with E-state index in [1.54, 1.807) is 24.3 Å². The van der Waals surface area contributed by atoms with Gasteiger partial charge in [-0.1, -0.05) is 18.2 Å². The number of carbonyl (C=O) groups excluding carboxylic acids is 1. The Bertz CT molecular complexity index is 1120. The van der Waals surface area contributed by atoms with Gasteiger partial charge < -0.3 is 10.6 Å². The Balaban J connectivity index is 1.72. The highest BCUT2D eigenvalue weighted by Crippen LogP contribution is 2.19. The molecule has 0 saturated carbocycles. The zero-order chi connectivity index (χ0) is 20.1. The number of carbonyl (C=O) groups is 1. The fourth-order valence-corrected chi connectivity index (χ4v) is 3.40. The smallest absolute Gasteiger partial charge is 0.255 e. The first-order valence-electron chi connectivity index (χ1n) is 8.38. The molecule has 3 aromatic rings. The molecule has 144 valence electrons. The molecule has 0 unspecified atom stereocenters. The van der Waals surface area contributed by atoms with E-state index in [0.717, 1.165) is 17.9 Å². The lowest BCUT2D eigenvalue weighted by Crippen LogP contribution is -2.12. The molecule has 2 aromatic carbocycles. The highest BCUT2D eigenvalue weighted by molar-refractivity contribution is 7.90. The first kappa shape index (κ1) is 19.5. The predicted molar refractivity (Wildman–Crippen MR) is 105 cm³/mol. The van der Waals surface area contributed by atoms with E-state index in [0.29, 0.717) is 12.2 Å². The van der Waals surface area contributed by atoms with E-state index in [2.05, 4.69) is 15.6 Å². The molecule has 28 heavy (non-hydrogen) atoms. The van der Waals surface area contributed by atoms with Gasteiger partial charge in [-0.2, -0.15) is 0 Å². The van der Waals surface area contributed by atoms with Gasteiger partial charge in [-0.25, -0.2) is 17.8 Å². The second-order valence-corrected chi connectivity index (χ2v) is 8.12. The SMILES string of the molecule is CS(=O)(=O)c1cccnc1NCc1cccc(NC(=O)c2cccc(F)c2)c1. The van der Waals surface area contributed by atoms with Crippen LogP contribution in [-0.2, 0) is 16.4 Å². The zero-order valence-electron chi connectivity index (χ0n) is 15.0. The maximum atomic E-state index is 13.3. The number of hydrogen-bond donors (Lipinski definition) is 2. The summed E-state index contributed by atoms with van der Waals surface area (Å²) in [6.45, 7) is 0.309. The Labute approximate surface area is 162 Å². The first-order valence-corrected chi connectivity index (χ1v) is 10.3. The minimum atomic E-state index is -3.41. The van der Waals surface area contributed by atoms with E-state index in [1.807, 2.05) is 6.07 Å². The number of aromatic nitrogens is 1. The highest BCUT2D eigenvalue weighted by Gasteiger charge is 2.13. The van der Waals surface area contributed by atoms with Crippen LogP contribution in [0.15, 0.2) is 71.8 Å².